The van der Waals surface area contributed by atoms with Crippen molar-refractivity contribution in [2.45, 2.75) is 11.1 Å². The smallest absolute Gasteiger partial charge is 0.422 e. The number of hydrazine groups is 1. The molecule has 0 saturated carbocycles. The fourth-order valence-corrected chi connectivity index (χ4v) is 3.95. The molecule has 1 heterocycles. The summed E-state index contributed by atoms with van der Waals surface area (Å²) in [7, 11) is -0.466. The summed E-state index contributed by atoms with van der Waals surface area (Å²) in [5.74, 6) is -1.18. The number of halogens is 3. The Morgan fingerprint density at radius 2 is 1.75 bits per heavy atom. The summed E-state index contributed by atoms with van der Waals surface area (Å²) in [5, 5.41) is 1.18. The van der Waals surface area contributed by atoms with Crippen molar-refractivity contribution >= 4 is 32.4 Å². The molecule has 3 rings (SSSR count). The molecule has 12 heteroatoms. The number of rotatable bonds is 7. The van der Waals surface area contributed by atoms with Gasteiger partial charge in [0.05, 0.1) is 10.5 Å². The Labute approximate surface area is 182 Å². The lowest BCUT2D eigenvalue weighted by Gasteiger charge is -2.17. The lowest BCUT2D eigenvalue weighted by Crippen LogP contribution is -2.41. The first-order chi connectivity index (χ1) is 15.0. The number of sulfonamides is 1. The monoisotopic (exact) mass is 468 g/mol. The van der Waals surface area contributed by atoms with Crippen LogP contribution in [0.1, 0.15) is 10.4 Å². The molecule has 0 radical (unpaired) electrons. The van der Waals surface area contributed by atoms with Crippen LogP contribution < -0.4 is 19.9 Å². The van der Waals surface area contributed by atoms with Crippen LogP contribution in [0.25, 0.3) is 10.8 Å². The largest absolute Gasteiger partial charge is 0.468 e. The van der Waals surface area contributed by atoms with Crippen LogP contribution in [0, 0.1) is 0 Å². The zero-order valence-electron chi connectivity index (χ0n) is 17.0. The van der Waals surface area contributed by atoms with Crippen LogP contribution in [0.4, 0.5) is 18.9 Å². The maximum atomic E-state index is 12.8. The molecule has 3 aromatic rings. The van der Waals surface area contributed by atoms with Crippen molar-refractivity contribution in [1.82, 2.24) is 15.2 Å². The van der Waals surface area contributed by atoms with E-state index >= 15 is 0 Å². The van der Waals surface area contributed by atoms with E-state index in [2.05, 4.69) is 15.1 Å². The van der Waals surface area contributed by atoms with Crippen LogP contribution >= 0.6 is 0 Å². The molecule has 1 amide bonds. The molecule has 2 aromatic carbocycles. The molecule has 0 unspecified atom stereocenters. The number of pyridine rings is 1. The third-order valence-corrected chi connectivity index (χ3v) is 5.62. The highest BCUT2D eigenvalue weighted by atomic mass is 32.2. The maximum Gasteiger partial charge on any atom is 0.422 e. The molecular formula is C20H19F3N4O4S. The van der Waals surface area contributed by atoms with Gasteiger partial charge >= 0.3 is 6.18 Å². The van der Waals surface area contributed by atoms with E-state index in [1.54, 1.807) is 24.3 Å². The van der Waals surface area contributed by atoms with E-state index in [1.807, 2.05) is 29.9 Å². The van der Waals surface area contributed by atoms with Gasteiger partial charge in [-0.15, -0.1) is 4.83 Å². The highest BCUT2D eigenvalue weighted by molar-refractivity contribution is 7.89. The predicted octanol–water partition coefficient (Wildman–Crippen LogP) is 2.87. The van der Waals surface area contributed by atoms with Crippen molar-refractivity contribution in [2.24, 2.45) is 0 Å². The number of anilines is 1. The molecule has 0 atom stereocenters. The lowest BCUT2D eigenvalue weighted by molar-refractivity contribution is -0.154. The van der Waals surface area contributed by atoms with Crippen LogP contribution in [0.3, 0.4) is 0 Å². The van der Waals surface area contributed by atoms with Gasteiger partial charge in [-0.1, -0.05) is 24.3 Å². The summed E-state index contributed by atoms with van der Waals surface area (Å²) < 4.78 is 66.6. The summed E-state index contributed by atoms with van der Waals surface area (Å²) in [6.45, 7) is -1.52. The van der Waals surface area contributed by atoms with Gasteiger partial charge in [0.2, 0.25) is 5.88 Å². The molecule has 0 fully saturated rings. The van der Waals surface area contributed by atoms with E-state index in [1.165, 1.54) is 6.07 Å². The van der Waals surface area contributed by atoms with Crippen molar-refractivity contribution in [3.05, 3.63) is 60.3 Å². The average Bonchev–Trinajstić information content (AvgIpc) is 2.75. The molecule has 0 spiro atoms. The van der Waals surface area contributed by atoms with Gasteiger partial charge in [0.1, 0.15) is 0 Å². The van der Waals surface area contributed by atoms with Crippen molar-refractivity contribution in [1.29, 1.82) is 0 Å². The molecule has 1 aromatic heterocycles. The summed E-state index contributed by atoms with van der Waals surface area (Å²) in [6.07, 6.45) is -3.55. The third-order valence-electron chi connectivity index (χ3n) is 4.31. The van der Waals surface area contributed by atoms with E-state index < -0.39 is 28.7 Å². The van der Waals surface area contributed by atoms with E-state index in [9.17, 15) is 26.4 Å². The Morgan fingerprint density at radius 1 is 1.06 bits per heavy atom. The van der Waals surface area contributed by atoms with Gasteiger partial charge < -0.3 is 9.64 Å². The normalized spacial score (nSPS) is 11.9. The number of carbonyl (C=O) groups excluding carboxylic acids is 1. The van der Waals surface area contributed by atoms with E-state index in [0.29, 0.717) is 10.8 Å². The number of alkyl halides is 3. The Kier molecular flexibility index (Phi) is 6.55. The first-order valence-corrected chi connectivity index (χ1v) is 10.6. The summed E-state index contributed by atoms with van der Waals surface area (Å²) in [5.41, 5.74) is 2.81. The number of fused-ring (bicyclic) bond motifs is 1. The highest BCUT2D eigenvalue weighted by Gasteiger charge is 2.28. The molecule has 0 aliphatic heterocycles. The molecule has 0 aliphatic rings. The SMILES string of the molecule is CN(C)c1cccc2c(S(=O)(=O)NNC(=O)c3ccc(OCC(F)(F)F)nc3)cccc12. The number of benzene rings is 2. The van der Waals surface area contributed by atoms with Crippen LogP contribution in [0.5, 0.6) is 5.88 Å². The van der Waals surface area contributed by atoms with Gasteiger partial charge in [-0.2, -0.15) is 13.2 Å². The fourth-order valence-electron chi connectivity index (χ4n) is 2.89. The number of aromatic nitrogens is 1. The zero-order chi connectivity index (χ0) is 23.5. The third kappa shape index (κ3) is 5.45. The Balaban J connectivity index is 1.74. The number of ether oxygens (including phenoxy) is 1. The first-order valence-electron chi connectivity index (χ1n) is 9.15. The van der Waals surface area contributed by atoms with E-state index in [0.717, 1.165) is 24.0 Å². The van der Waals surface area contributed by atoms with Gasteiger partial charge in [0, 0.05) is 42.8 Å². The summed E-state index contributed by atoms with van der Waals surface area (Å²) >= 11 is 0. The highest BCUT2D eigenvalue weighted by Crippen LogP contribution is 2.30. The predicted molar refractivity (Wildman–Crippen MR) is 112 cm³/mol. The van der Waals surface area contributed by atoms with Crippen molar-refractivity contribution in [3.63, 3.8) is 0 Å². The van der Waals surface area contributed by atoms with Crippen LogP contribution in [0.2, 0.25) is 0 Å². The first kappa shape index (κ1) is 23.3. The average molecular weight is 468 g/mol. The number of hydrogen-bond acceptors (Lipinski definition) is 6. The lowest BCUT2D eigenvalue weighted by atomic mass is 10.1. The second-order valence-corrected chi connectivity index (χ2v) is 8.52. The van der Waals surface area contributed by atoms with Gasteiger partial charge in [-0.3, -0.25) is 10.2 Å². The number of nitrogens with one attached hydrogen (secondary N) is 2. The summed E-state index contributed by atoms with van der Waals surface area (Å²) in [6, 6.07) is 12.2. The van der Waals surface area contributed by atoms with Crippen molar-refractivity contribution in [3.8, 4) is 5.88 Å². The fraction of sp³-hybridized carbons (Fsp3) is 0.200. The standard InChI is InChI=1S/C20H19F3N4O4S/c1-27(2)16-7-3-6-15-14(16)5-4-8-17(15)32(29,30)26-25-19(28)13-9-10-18(24-11-13)31-12-20(21,22)23/h3-11,26H,12H2,1-2H3,(H,25,28). The summed E-state index contributed by atoms with van der Waals surface area (Å²) in [4.78, 5) is 19.7. The van der Waals surface area contributed by atoms with Gasteiger partial charge in [0.15, 0.2) is 6.61 Å². The molecule has 8 nitrogen and oxygen atoms in total. The minimum atomic E-state index is -4.52. The second kappa shape index (κ2) is 9.01. The van der Waals surface area contributed by atoms with Crippen molar-refractivity contribution in [2.75, 3.05) is 25.6 Å². The Bertz CT molecular complexity index is 1230. The molecule has 0 bridgehead atoms. The van der Waals surface area contributed by atoms with Gasteiger partial charge in [-0.05, 0) is 18.2 Å². The maximum absolute atomic E-state index is 12.8. The van der Waals surface area contributed by atoms with Crippen LogP contribution in [-0.4, -0.2) is 46.2 Å². The topological polar surface area (TPSA) is 101 Å². The van der Waals surface area contributed by atoms with Crippen LogP contribution in [-0.2, 0) is 10.0 Å². The molecule has 0 saturated heterocycles. The molecule has 0 aliphatic carbocycles. The number of nitrogens with zero attached hydrogens (tertiary/aromatic N) is 2. The minimum absolute atomic E-state index is 0.0342. The van der Waals surface area contributed by atoms with Gasteiger partial charge in [0.25, 0.3) is 15.9 Å². The number of carbonyl (C=O) groups is 1. The zero-order valence-corrected chi connectivity index (χ0v) is 17.8. The van der Waals surface area contributed by atoms with Crippen molar-refractivity contribution < 1.29 is 31.1 Å². The number of hydrogen-bond donors (Lipinski definition) is 2. The Hall–Kier alpha value is -3.38. The second-order valence-electron chi connectivity index (χ2n) is 6.87. The van der Waals surface area contributed by atoms with E-state index in [-0.39, 0.29) is 16.3 Å². The van der Waals surface area contributed by atoms with E-state index in [4.69, 9.17) is 0 Å². The Morgan fingerprint density at radius 3 is 2.38 bits per heavy atom. The van der Waals surface area contributed by atoms with Gasteiger partial charge in [-0.25, -0.2) is 13.4 Å². The van der Waals surface area contributed by atoms with Crippen LogP contribution in [0.15, 0.2) is 59.6 Å². The molecule has 32 heavy (non-hydrogen) atoms. The number of amides is 1. The minimum Gasteiger partial charge on any atom is -0.468 e. The molecular weight excluding hydrogens is 449 g/mol. The quantitative estimate of drug-likeness (QED) is 0.518. The molecule has 2 N–H and O–H groups in total. The molecule has 170 valence electrons.